The van der Waals surface area contributed by atoms with Crippen LogP contribution in [-0.4, -0.2) is 39.1 Å². The van der Waals surface area contributed by atoms with Crippen LogP contribution in [-0.2, 0) is 4.79 Å². The lowest BCUT2D eigenvalue weighted by Gasteiger charge is -2.18. The Hall–Kier alpha value is -2.47. The number of hydrogen-bond acceptors (Lipinski definition) is 4. The molecule has 1 aromatic rings. The van der Waals surface area contributed by atoms with Gasteiger partial charge in [-0.3, -0.25) is 4.79 Å². The van der Waals surface area contributed by atoms with E-state index in [4.69, 9.17) is 10.2 Å². The monoisotopic (exact) mass is 248 g/mol. The summed E-state index contributed by atoms with van der Waals surface area (Å²) < 4.78 is 0. The minimum atomic E-state index is -1.72. The predicted molar refractivity (Wildman–Crippen MR) is 59.4 cm³/mol. The zero-order valence-corrected chi connectivity index (χ0v) is 8.95. The maximum absolute atomic E-state index is 11.7. The molecule has 0 saturated heterocycles. The zero-order valence-electron chi connectivity index (χ0n) is 8.95. The fourth-order valence-electron chi connectivity index (χ4n) is 1.75. The van der Waals surface area contributed by atoms with Crippen molar-refractivity contribution in [3.63, 3.8) is 0 Å². The number of carbonyl (C=O) groups excluding carboxylic acids is 1. The summed E-state index contributed by atoms with van der Waals surface area (Å²) >= 11 is 0. The second kappa shape index (κ2) is 4.08. The molecule has 3 N–H and O–H groups in total. The number of ketones is 1. The van der Waals surface area contributed by atoms with Crippen molar-refractivity contribution >= 4 is 23.8 Å². The number of benzene rings is 1. The molecule has 0 amide bonds. The van der Waals surface area contributed by atoms with E-state index in [1.54, 1.807) is 0 Å². The van der Waals surface area contributed by atoms with Gasteiger partial charge in [0.25, 0.3) is 0 Å². The SMILES string of the molecule is O=C(O)C1=Cc2cc(C(=O)O)ccc2C(=O)C1O. The molecule has 6 nitrogen and oxygen atoms in total. The van der Waals surface area contributed by atoms with Crippen LogP contribution in [0, 0.1) is 0 Å². The Morgan fingerprint density at radius 1 is 1.11 bits per heavy atom. The Labute approximate surface area is 101 Å². The van der Waals surface area contributed by atoms with Crippen LogP contribution in [0.4, 0.5) is 0 Å². The highest BCUT2D eigenvalue weighted by Crippen LogP contribution is 2.25. The topological polar surface area (TPSA) is 112 Å². The number of hydrogen-bond donors (Lipinski definition) is 3. The van der Waals surface area contributed by atoms with E-state index in [2.05, 4.69) is 0 Å². The van der Waals surface area contributed by atoms with Gasteiger partial charge in [-0.15, -0.1) is 0 Å². The lowest BCUT2D eigenvalue weighted by molar-refractivity contribution is -0.133. The van der Waals surface area contributed by atoms with Crippen LogP contribution in [0.25, 0.3) is 6.08 Å². The van der Waals surface area contributed by atoms with Gasteiger partial charge < -0.3 is 15.3 Å². The number of rotatable bonds is 2. The standard InChI is InChI=1S/C12H8O6/c13-9-7-2-1-5(11(15)16)3-6(7)4-8(10(9)14)12(17)18/h1-4,10,14H,(H,15,16)(H,17,18). The van der Waals surface area contributed by atoms with E-state index in [0.29, 0.717) is 0 Å². The van der Waals surface area contributed by atoms with Gasteiger partial charge in [0.05, 0.1) is 11.1 Å². The van der Waals surface area contributed by atoms with E-state index in [0.717, 1.165) is 6.08 Å². The highest BCUT2D eigenvalue weighted by molar-refractivity contribution is 6.14. The minimum absolute atomic E-state index is 0.0565. The number of carboxylic acids is 2. The van der Waals surface area contributed by atoms with E-state index in [-0.39, 0.29) is 16.7 Å². The van der Waals surface area contributed by atoms with E-state index in [1.807, 2.05) is 0 Å². The number of fused-ring (bicyclic) bond motifs is 1. The molecule has 0 spiro atoms. The quantitative estimate of drug-likeness (QED) is 0.698. The summed E-state index contributed by atoms with van der Waals surface area (Å²) in [6, 6.07) is 3.69. The molecule has 0 bridgehead atoms. The second-order valence-electron chi connectivity index (χ2n) is 3.78. The first kappa shape index (κ1) is 12.0. The molecular formula is C12H8O6. The van der Waals surface area contributed by atoms with Gasteiger partial charge in [-0.05, 0) is 29.8 Å². The number of Topliss-reactive ketones (excluding diaryl/α,β-unsaturated/α-hetero) is 1. The van der Waals surface area contributed by atoms with Crippen LogP contribution in [0.3, 0.4) is 0 Å². The molecule has 0 saturated carbocycles. The van der Waals surface area contributed by atoms with Crippen LogP contribution >= 0.6 is 0 Å². The van der Waals surface area contributed by atoms with E-state index in [9.17, 15) is 19.5 Å². The summed E-state index contributed by atoms with van der Waals surface area (Å²) in [6.45, 7) is 0. The number of carboxylic acid groups (broad SMARTS) is 2. The normalized spacial score (nSPS) is 17.9. The van der Waals surface area contributed by atoms with Crippen LogP contribution in [0.1, 0.15) is 26.3 Å². The molecule has 1 aliphatic rings. The molecule has 0 heterocycles. The first-order valence-corrected chi connectivity index (χ1v) is 4.96. The number of aliphatic carboxylic acids is 1. The molecule has 2 rings (SSSR count). The summed E-state index contributed by atoms with van der Waals surface area (Å²) in [5.74, 6) is -3.34. The van der Waals surface area contributed by atoms with Gasteiger partial charge >= 0.3 is 11.9 Å². The molecule has 1 unspecified atom stereocenters. The van der Waals surface area contributed by atoms with Crippen molar-refractivity contribution in [2.75, 3.05) is 0 Å². The van der Waals surface area contributed by atoms with Gasteiger partial charge in [-0.1, -0.05) is 0 Å². The van der Waals surface area contributed by atoms with Gasteiger partial charge in [0.1, 0.15) is 6.10 Å². The van der Waals surface area contributed by atoms with Gasteiger partial charge in [0.2, 0.25) is 0 Å². The minimum Gasteiger partial charge on any atom is -0.478 e. The lowest BCUT2D eigenvalue weighted by atomic mass is 9.88. The van der Waals surface area contributed by atoms with Crippen molar-refractivity contribution in [2.24, 2.45) is 0 Å². The average Bonchev–Trinajstić information content (AvgIpc) is 2.32. The molecule has 1 atom stereocenters. The maximum Gasteiger partial charge on any atom is 0.335 e. The Bertz CT molecular complexity index is 599. The molecule has 1 aromatic carbocycles. The largest absolute Gasteiger partial charge is 0.478 e. The molecule has 0 fully saturated rings. The van der Waals surface area contributed by atoms with Gasteiger partial charge in [0.15, 0.2) is 5.78 Å². The maximum atomic E-state index is 11.7. The molecule has 92 valence electrons. The molecular weight excluding hydrogens is 240 g/mol. The third-order valence-electron chi connectivity index (χ3n) is 2.66. The second-order valence-corrected chi connectivity index (χ2v) is 3.78. The molecule has 6 heteroatoms. The Kier molecular flexibility index (Phi) is 2.72. The van der Waals surface area contributed by atoms with E-state index in [1.165, 1.54) is 18.2 Å². The van der Waals surface area contributed by atoms with Crippen molar-refractivity contribution in [1.82, 2.24) is 0 Å². The Morgan fingerprint density at radius 3 is 2.33 bits per heavy atom. The van der Waals surface area contributed by atoms with Crippen LogP contribution in [0.5, 0.6) is 0 Å². The number of aliphatic hydroxyl groups is 1. The fraction of sp³-hybridized carbons (Fsp3) is 0.0833. The summed E-state index contributed by atoms with van der Waals surface area (Å²) in [5.41, 5.74) is -0.228. The highest BCUT2D eigenvalue weighted by atomic mass is 16.4. The molecule has 0 aromatic heterocycles. The summed E-state index contributed by atoms with van der Waals surface area (Å²) in [5, 5.41) is 27.2. The number of aromatic carboxylic acids is 1. The van der Waals surface area contributed by atoms with Gasteiger partial charge in [-0.25, -0.2) is 9.59 Å². The van der Waals surface area contributed by atoms with Crippen molar-refractivity contribution in [3.8, 4) is 0 Å². The van der Waals surface area contributed by atoms with Crippen LogP contribution < -0.4 is 0 Å². The molecule has 0 aliphatic heterocycles. The van der Waals surface area contributed by atoms with Crippen molar-refractivity contribution < 1.29 is 29.7 Å². The predicted octanol–water partition coefficient (Wildman–Crippen LogP) is 0.410. The van der Waals surface area contributed by atoms with Crippen molar-refractivity contribution in [1.29, 1.82) is 0 Å². The van der Waals surface area contributed by atoms with Crippen LogP contribution in [0.2, 0.25) is 0 Å². The van der Waals surface area contributed by atoms with Crippen LogP contribution in [0.15, 0.2) is 23.8 Å². The average molecular weight is 248 g/mol. The first-order chi connectivity index (χ1) is 8.41. The van der Waals surface area contributed by atoms with Crippen molar-refractivity contribution in [2.45, 2.75) is 6.10 Å². The van der Waals surface area contributed by atoms with Gasteiger partial charge in [0, 0.05) is 5.56 Å². The molecule has 1 aliphatic carbocycles. The molecule has 0 radical (unpaired) electrons. The van der Waals surface area contributed by atoms with Crippen molar-refractivity contribution in [3.05, 3.63) is 40.5 Å². The number of aliphatic hydroxyl groups excluding tert-OH is 1. The Morgan fingerprint density at radius 2 is 1.78 bits per heavy atom. The summed E-state index contributed by atoms with van der Waals surface area (Å²) in [6.07, 6.45) is -0.610. The van der Waals surface area contributed by atoms with E-state index < -0.39 is 29.4 Å². The highest BCUT2D eigenvalue weighted by Gasteiger charge is 2.32. The summed E-state index contributed by atoms with van der Waals surface area (Å²) in [4.78, 5) is 33.3. The van der Waals surface area contributed by atoms with E-state index >= 15 is 0 Å². The fourth-order valence-corrected chi connectivity index (χ4v) is 1.75. The first-order valence-electron chi connectivity index (χ1n) is 4.96. The zero-order chi connectivity index (χ0) is 13.4. The lowest BCUT2D eigenvalue weighted by Crippen LogP contribution is -2.30. The molecule has 18 heavy (non-hydrogen) atoms. The Balaban J connectivity index is 2.63. The smallest absolute Gasteiger partial charge is 0.335 e. The third-order valence-corrected chi connectivity index (χ3v) is 2.66. The third kappa shape index (κ3) is 1.78. The van der Waals surface area contributed by atoms with Gasteiger partial charge in [-0.2, -0.15) is 0 Å². The summed E-state index contributed by atoms with van der Waals surface area (Å²) in [7, 11) is 0. The number of carbonyl (C=O) groups is 3.